The molecule has 0 saturated heterocycles. The number of hydrogen-bond donors (Lipinski definition) is 1. The van der Waals surface area contributed by atoms with Crippen LogP contribution in [0, 0.1) is 5.92 Å². The third-order valence-corrected chi connectivity index (χ3v) is 6.08. The molecule has 1 atom stereocenters. The summed E-state index contributed by atoms with van der Waals surface area (Å²) in [4.78, 5) is 40.8. The average molecular weight is 477 g/mol. The highest BCUT2D eigenvalue weighted by Gasteiger charge is 2.18. The minimum Gasteiger partial charge on any atom is -0.491 e. The minimum absolute atomic E-state index is 0.0360. The van der Waals surface area contributed by atoms with Gasteiger partial charge in [0.15, 0.2) is 16.3 Å². The van der Waals surface area contributed by atoms with Crippen molar-refractivity contribution in [3.05, 3.63) is 50.7 Å². The normalized spacial score (nSPS) is 12.3. The minimum atomic E-state index is -0.808. The van der Waals surface area contributed by atoms with Crippen LogP contribution in [0.3, 0.4) is 0 Å². The van der Waals surface area contributed by atoms with Crippen LogP contribution >= 0.6 is 11.8 Å². The number of nitrogens with zero attached hydrogens (tertiary/aromatic N) is 4. The fourth-order valence-electron chi connectivity index (χ4n) is 3.11. The Labute approximate surface area is 194 Å². The van der Waals surface area contributed by atoms with Crippen LogP contribution in [-0.4, -0.2) is 54.8 Å². The molecule has 0 amide bonds. The summed E-state index contributed by atoms with van der Waals surface area (Å²) in [6.07, 6.45) is -0.808. The zero-order chi connectivity index (χ0) is 24.3. The van der Waals surface area contributed by atoms with E-state index in [2.05, 4.69) is 4.98 Å². The Morgan fingerprint density at radius 1 is 1.06 bits per heavy atom. The predicted octanol–water partition coefficient (Wildman–Crippen LogP) is 1.32. The van der Waals surface area contributed by atoms with E-state index in [1.54, 1.807) is 42.9 Å². The molecule has 1 N–H and O–H groups in total. The molecule has 3 aromatic rings. The highest BCUT2D eigenvalue weighted by Crippen LogP contribution is 2.21. The molecule has 1 unspecified atom stereocenters. The van der Waals surface area contributed by atoms with E-state index in [1.165, 1.54) is 23.4 Å². The molecule has 2 heterocycles. The zero-order valence-electron chi connectivity index (χ0n) is 19.3. The highest BCUT2D eigenvalue weighted by molar-refractivity contribution is 7.99. The number of aromatic nitrogens is 4. The van der Waals surface area contributed by atoms with Gasteiger partial charge in [-0.05, 0) is 30.2 Å². The molecule has 0 aliphatic carbocycles. The number of imidazole rings is 1. The van der Waals surface area contributed by atoms with Gasteiger partial charge in [-0.2, -0.15) is 0 Å². The molecule has 0 radical (unpaired) electrons. The smallest absolute Gasteiger partial charge is 0.338 e. The maximum absolute atomic E-state index is 12.4. The van der Waals surface area contributed by atoms with Crippen molar-refractivity contribution in [2.75, 3.05) is 19.0 Å². The van der Waals surface area contributed by atoms with E-state index in [1.807, 2.05) is 13.8 Å². The maximum Gasteiger partial charge on any atom is 0.338 e. The van der Waals surface area contributed by atoms with Crippen LogP contribution in [0.5, 0.6) is 5.75 Å². The van der Waals surface area contributed by atoms with Crippen molar-refractivity contribution >= 4 is 28.9 Å². The molecule has 0 fully saturated rings. The van der Waals surface area contributed by atoms with E-state index in [-0.39, 0.29) is 29.8 Å². The largest absolute Gasteiger partial charge is 0.491 e. The number of esters is 1. The standard InChI is InChI=1S/C22H28N4O6S/c1-13(2)10-32-20(29)14-6-8-16(9-7-14)31-11-15(27)12-33-21-23-17-18(24(21)3)25(4)22(30)26(5)19(17)28/h6-9,13,15,27H,10-12H2,1-5H3. The molecule has 0 aliphatic rings. The van der Waals surface area contributed by atoms with Crippen LogP contribution in [0.2, 0.25) is 0 Å². The second-order valence-corrected chi connectivity index (χ2v) is 9.11. The Morgan fingerprint density at radius 2 is 1.73 bits per heavy atom. The fraction of sp³-hybridized carbons (Fsp3) is 0.455. The van der Waals surface area contributed by atoms with E-state index in [0.29, 0.717) is 28.7 Å². The predicted molar refractivity (Wildman–Crippen MR) is 125 cm³/mol. The molecular weight excluding hydrogens is 448 g/mol. The molecule has 3 rings (SSSR count). The topological polar surface area (TPSA) is 118 Å². The van der Waals surface area contributed by atoms with Gasteiger partial charge in [-0.25, -0.2) is 14.6 Å². The second kappa shape index (κ2) is 10.3. The Balaban J connectivity index is 1.58. The SMILES string of the molecule is CC(C)COC(=O)c1ccc(OCC(O)CSc2nc3c(=O)n(C)c(=O)n(C)c3n2C)cc1. The van der Waals surface area contributed by atoms with Gasteiger partial charge in [0.05, 0.1) is 18.3 Å². The summed E-state index contributed by atoms with van der Waals surface area (Å²) in [5.74, 6) is 0.657. The number of benzene rings is 1. The van der Waals surface area contributed by atoms with Gasteiger partial charge >= 0.3 is 11.7 Å². The summed E-state index contributed by atoms with van der Waals surface area (Å²) < 4.78 is 14.8. The van der Waals surface area contributed by atoms with Crippen LogP contribution in [0.15, 0.2) is 39.0 Å². The van der Waals surface area contributed by atoms with Crippen molar-refractivity contribution in [3.63, 3.8) is 0 Å². The summed E-state index contributed by atoms with van der Waals surface area (Å²) in [6, 6.07) is 6.52. The number of aliphatic hydroxyl groups is 1. The Morgan fingerprint density at radius 3 is 2.36 bits per heavy atom. The van der Waals surface area contributed by atoms with E-state index in [4.69, 9.17) is 9.47 Å². The Bertz CT molecular complexity index is 1260. The number of ether oxygens (including phenoxy) is 2. The molecule has 33 heavy (non-hydrogen) atoms. The first-order chi connectivity index (χ1) is 15.6. The number of fused-ring (bicyclic) bond motifs is 1. The van der Waals surface area contributed by atoms with Gasteiger partial charge < -0.3 is 19.1 Å². The molecule has 0 aliphatic heterocycles. The first-order valence-corrected chi connectivity index (χ1v) is 11.4. The molecule has 0 bridgehead atoms. The van der Waals surface area contributed by atoms with Crippen LogP contribution in [0.1, 0.15) is 24.2 Å². The molecule has 0 spiro atoms. The van der Waals surface area contributed by atoms with Crippen molar-refractivity contribution < 1.29 is 19.4 Å². The van der Waals surface area contributed by atoms with Gasteiger partial charge in [0.1, 0.15) is 12.4 Å². The molecule has 0 saturated carbocycles. The molecule has 2 aromatic heterocycles. The Hall–Kier alpha value is -3.05. The number of hydrogen-bond acceptors (Lipinski definition) is 8. The highest BCUT2D eigenvalue weighted by atomic mass is 32.2. The number of rotatable bonds is 9. The monoisotopic (exact) mass is 476 g/mol. The lowest BCUT2D eigenvalue weighted by Crippen LogP contribution is -2.37. The first kappa shape index (κ1) is 24.6. The van der Waals surface area contributed by atoms with Crippen molar-refractivity contribution in [2.24, 2.45) is 27.1 Å². The van der Waals surface area contributed by atoms with Crippen LogP contribution < -0.4 is 16.0 Å². The molecule has 178 valence electrons. The number of thioether (sulfide) groups is 1. The van der Waals surface area contributed by atoms with E-state index < -0.39 is 17.4 Å². The number of carbonyl (C=O) groups excluding carboxylic acids is 1. The summed E-state index contributed by atoms with van der Waals surface area (Å²) in [7, 11) is 4.71. The van der Waals surface area contributed by atoms with E-state index in [9.17, 15) is 19.5 Å². The molecule has 10 nitrogen and oxygen atoms in total. The summed E-state index contributed by atoms with van der Waals surface area (Å²) in [5, 5.41) is 10.8. The zero-order valence-corrected chi connectivity index (χ0v) is 20.1. The number of carbonyl (C=O) groups is 1. The van der Waals surface area contributed by atoms with Gasteiger partial charge in [-0.1, -0.05) is 25.6 Å². The lowest BCUT2D eigenvalue weighted by atomic mass is 10.2. The van der Waals surface area contributed by atoms with Gasteiger partial charge in [0, 0.05) is 26.9 Å². The van der Waals surface area contributed by atoms with Crippen LogP contribution in [0.4, 0.5) is 0 Å². The Kier molecular flexibility index (Phi) is 7.65. The third-order valence-electron chi connectivity index (χ3n) is 4.91. The van der Waals surface area contributed by atoms with E-state index in [0.717, 1.165) is 4.57 Å². The van der Waals surface area contributed by atoms with E-state index >= 15 is 0 Å². The van der Waals surface area contributed by atoms with Gasteiger partial charge in [-0.15, -0.1) is 0 Å². The maximum atomic E-state index is 12.4. The first-order valence-electron chi connectivity index (χ1n) is 10.4. The number of aryl methyl sites for hydroxylation is 2. The van der Waals surface area contributed by atoms with Crippen molar-refractivity contribution in [1.29, 1.82) is 0 Å². The average Bonchev–Trinajstić information content (AvgIpc) is 3.13. The van der Waals surface area contributed by atoms with Crippen LogP contribution in [0.25, 0.3) is 11.2 Å². The van der Waals surface area contributed by atoms with Crippen molar-refractivity contribution in [1.82, 2.24) is 18.7 Å². The lowest BCUT2D eigenvalue weighted by molar-refractivity contribution is 0.0459. The van der Waals surface area contributed by atoms with Crippen molar-refractivity contribution in [2.45, 2.75) is 25.1 Å². The van der Waals surface area contributed by atoms with Gasteiger partial charge in [-0.3, -0.25) is 13.9 Å². The van der Waals surface area contributed by atoms with Gasteiger partial charge in [0.25, 0.3) is 5.56 Å². The third kappa shape index (κ3) is 5.48. The molecular formula is C22H28N4O6S. The summed E-state index contributed by atoms with van der Waals surface area (Å²) in [5.41, 5.74) is 0.155. The summed E-state index contributed by atoms with van der Waals surface area (Å²) in [6.45, 7) is 4.33. The fourth-order valence-corrected chi connectivity index (χ4v) is 3.99. The second-order valence-electron chi connectivity index (χ2n) is 8.12. The van der Waals surface area contributed by atoms with Gasteiger partial charge in [0.2, 0.25) is 0 Å². The lowest BCUT2D eigenvalue weighted by Gasteiger charge is -2.12. The van der Waals surface area contributed by atoms with Crippen LogP contribution in [-0.2, 0) is 25.9 Å². The summed E-state index contributed by atoms with van der Waals surface area (Å²) >= 11 is 1.26. The van der Waals surface area contributed by atoms with Crippen molar-refractivity contribution in [3.8, 4) is 5.75 Å². The molecule has 1 aromatic carbocycles. The molecule has 11 heteroatoms. The quantitative estimate of drug-likeness (QED) is 0.363. The number of aliphatic hydroxyl groups excluding tert-OH is 1.